The molecule has 3 saturated heterocycles. The van der Waals surface area contributed by atoms with Gasteiger partial charge in [0.15, 0.2) is 0 Å². The lowest BCUT2D eigenvalue weighted by molar-refractivity contribution is -0.0431. The summed E-state index contributed by atoms with van der Waals surface area (Å²) in [6.45, 7) is -1.51. The summed E-state index contributed by atoms with van der Waals surface area (Å²) in [5.41, 5.74) is 16.8. The molecule has 0 aliphatic carbocycles. The molecular formula is C15H31N3O13P2. The van der Waals surface area contributed by atoms with Gasteiger partial charge in [-0.1, -0.05) is 0 Å². The lowest BCUT2D eigenvalue weighted by Crippen LogP contribution is -2.31. The molecule has 3 fully saturated rings. The average molecular weight is 523 g/mol. The van der Waals surface area contributed by atoms with Crippen molar-refractivity contribution < 1.29 is 61.4 Å². The Labute approximate surface area is 189 Å². The van der Waals surface area contributed by atoms with Crippen LogP contribution in [0.5, 0.6) is 0 Å². The Hall–Kier alpha value is -0.100. The van der Waals surface area contributed by atoms with Gasteiger partial charge in [0.05, 0.1) is 25.9 Å². The molecule has 194 valence electrons. The molecule has 33 heavy (non-hydrogen) atoms. The summed E-state index contributed by atoms with van der Waals surface area (Å²) in [4.78, 5) is 20.0. The van der Waals surface area contributed by atoms with Crippen LogP contribution in [0.15, 0.2) is 0 Å². The van der Waals surface area contributed by atoms with Gasteiger partial charge in [-0.15, -0.1) is 0 Å². The maximum Gasteiger partial charge on any atom is 0.472 e. The van der Waals surface area contributed by atoms with Gasteiger partial charge in [-0.2, -0.15) is 0 Å². The molecule has 3 rings (SSSR count). The molecule has 2 unspecified atom stereocenters. The quantitative estimate of drug-likeness (QED) is 0.139. The van der Waals surface area contributed by atoms with Crippen LogP contribution in [0.2, 0.25) is 0 Å². The standard InChI is InChI=1S/C15H31N3O13P2/c16-13-1-7(20)11(28-13)5-25-32(21,22)31-9-3-15(18)29-12(9)6-26-33(23,24)30-8-2-14(17)27-10(8)4-19/h7-15,19-20H,1-6,16-18H2,(H,21,22)(H,23,24)/t7-,8+,9+,10+,11-,12+,13-,14+,15+/m0/s1. The van der Waals surface area contributed by atoms with E-state index < -0.39 is 90.8 Å². The molecule has 0 aromatic heterocycles. The van der Waals surface area contributed by atoms with Gasteiger partial charge in [-0.3, -0.25) is 18.1 Å². The van der Waals surface area contributed by atoms with Crippen LogP contribution in [0.3, 0.4) is 0 Å². The molecule has 18 heteroatoms. The normalized spacial score (nSPS) is 42.9. The molecule has 11 atom stereocenters. The first-order valence-electron chi connectivity index (χ1n) is 10.2. The number of aliphatic hydroxyl groups is 2. The Morgan fingerprint density at radius 2 is 1.18 bits per heavy atom. The monoisotopic (exact) mass is 523 g/mol. The van der Waals surface area contributed by atoms with Gasteiger partial charge >= 0.3 is 15.6 Å². The molecule has 0 radical (unpaired) electrons. The molecule has 0 saturated carbocycles. The van der Waals surface area contributed by atoms with Crippen molar-refractivity contribution in [2.45, 2.75) is 74.6 Å². The Morgan fingerprint density at radius 3 is 1.67 bits per heavy atom. The van der Waals surface area contributed by atoms with Crippen LogP contribution >= 0.6 is 15.6 Å². The van der Waals surface area contributed by atoms with Crippen LogP contribution in [0.25, 0.3) is 0 Å². The van der Waals surface area contributed by atoms with Crippen molar-refractivity contribution in [3.05, 3.63) is 0 Å². The summed E-state index contributed by atoms with van der Waals surface area (Å²) in [5.74, 6) is 0. The van der Waals surface area contributed by atoms with Crippen molar-refractivity contribution in [2.24, 2.45) is 17.2 Å². The van der Waals surface area contributed by atoms with E-state index in [0.717, 1.165) is 0 Å². The average Bonchev–Trinajstić information content (AvgIpc) is 3.33. The van der Waals surface area contributed by atoms with Gasteiger partial charge < -0.3 is 51.4 Å². The van der Waals surface area contributed by atoms with Crippen molar-refractivity contribution in [3.63, 3.8) is 0 Å². The fourth-order valence-electron chi connectivity index (χ4n) is 3.68. The van der Waals surface area contributed by atoms with E-state index in [4.69, 9.17) is 49.5 Å². The molecular weight excluding hydrogens is 492 g/mol. The summed E-state index contributed by atoms with van der Waals surface area (Å²) < 4.78 is 60.2. The maximum atomic E-state index is 12.3. The van der Waals surface area contributed by atoms with Crippen LogP contribution in [-0.4, -0.2) is 95.1 Å². The second kappa shape index (κ2) is 11.3. The van der Waals surface area contributed by atoms with E-state index in [-0.39, 0.29) is 19.3 Å². The van der Waals surface area contributed by atoms with E-state index in [1.807, 2.05) is 0 Å². The van der Waals surface area contributed by atoms with E-state index in [1.54, 1.807) is 0 Å². The van der Waals surface area contributed by atoms with Gasteiger partial charge in [0, 0.05) is 19.3 Å². The zero-order valence-corrected chi connectivity index (χ0v) is 19.3. The number of hydrogen-bond donors (Lipinski definition) is 7. The van der Waals surface area contributed by atoms with E-state index >= 15 is 0 Å². The van der Waals surface area contributed by atoms with E-state index in [9.17, 15) is 29.1 Å². The van der Waals surface area contributed by atoms with Crippen molar-refractivity contribution >= 4 is 15.6 Å². The lowest BCUT2D eigenvalue weighted by Gasteiger charge is -2.24. The highest BCUT2D eigenvalue weighted by Crippen LogP contribution is 2.50. The molecule has 0 amide bonds. The Balaban J connectivity index is 1.50. The minimum atomic E-state index is -4.66. The maximum absolute atomic E-state index is 12.3. The van der Waals surface area contributed by atoms with Crippen molar-refractivity contribution in [2.75, 3.05) is 19.8 Å². The highest BCUT2D eigenvalue weighted by molar-refractivity contribution is 7.47. The summed E-state index contributed by atoms with van der Waals surface area (Å²) in [6.07, 6.45) is -8.20. The van der Waals surface area contributed by atoms with Crippen LogP contribution in [0.4, 0.5) is 0 Å². The molecule has 16 nitrogen and oxygen atoms in total. The van der Waals surface area contributed by atoms with Gasteiger partial charge in [0.25, 0.3) is 0 Å². The summed E-state index contributed by atoms with van der Waals surface area (Å²) in [5, 5.41) is 19.0. The topological polar surface area (TPSA) is 258 Å². The van der Waals surface area contributed by atoms with Crippen LogP contribution in [0, 0.1) is 0 Å². The zero-order valence-electron chi connectivity index (χ0n) is 17.5. The Bertz CT molecular complexity index is 750. The van der Waals surface area contributed by atoms with Gasteiger partial charge in [0.1, 0.15) is 49.2 Å². The molecule has 0 aromatic rings. The van der Waals surface area contributed by atoms with E-state index in [2.05, 4.69) is 0 Å². The third-order valence-corrected chi connectivity index (χ3v) is 7.26. The first kappa shape index (κ1) is 27.5. The van der Waals surface area contributed by atoms with Crippen molar-refractivity contribution in [1.29, 1.82) is 0 Å². The largest absolute Gasteiger partial charge is 0.472 e. The Kier molecular flexibility index (Phi) is 9.42. The highest BCUT2D eigenvalue weighted by Gasteiger charge is 2.44. The van der Waals surface area contributed by atoms with Crippen LogP contribution in [0.1, 0.15) is 19.3 Å². The SMILES string of the molecule is N[C@@H]1C[C@H](O)[C@H](COP(=O)(O)O[C@@H]2C[C@H](N)O[C@@H]2COP(=O)(O)O[C@@H]2C[C@H](N)O[C@@H]2CO)O1. The summed E-state index contributed by atoms with van der Waals surface area (Å²) >= 11 is 0. The molecule has 10 N–H and O–H groups in total. The fraction of sp³-hybridized carbons (Fsp3) is 1.00. The second-order valence-electron chi connectivity index (χ2n) is 7.91. The first-order valence-corrected chi connectivity index (χ1v) is 13.2. The van der Waals surface area contributed by atoms with E-state index in [0.29, 0.717) is 0 Å². The molecule has 3 heterocycles. The number of ether oxygens (including phenoxy) is 3. The zero-order chi connectivity index (χ0) is 24.4. The van der Waals surface area contributed by atoms with Crippen LogP contribution < -0.4 is 17.2 Å². The first-order chi connectivity index (χ1) is 15.4. The highest BCUT2D eigenvalue weighted by atomic mass is 31.2. The van der Waals surface area contributed by atoms with Crippen molar-refractivity contribution in [1.82, 2.24) is 0 Å². The number of aliphatic hydroxyl groups excluding tert-OH is 2. The predicted octanol–water partition coefficient (Wildman–Crippen LogP) is -2.43. The smallest absolute Gasteiger partial charge is 0.394 e. The number of nitrogens with two attached hydrogens (primary N) is 3. The minimum absolute atomic E-state index is 0.0378. The molecule has 3 aliphatic heterocycles. The number of phosphoric acid groups is 2. The third-order valence-electron chi connectivity index (χ3n) is 5.23. The second-order valence-corrected chi connectivity index (χ2v) is 10.7. The summed E-state index contributed by atoms with van der Waals surface area (Å²) in [7, 11) is -9.31. The van der Waals surface area contributed by atoms with E-state index in [1.165, 1.54) is 0 Å². The predicted molar refractivity (Wildman–Crippen MR) is 107 cm³/mol. The third kappa shape index (κ3) is 7.95. The number of rotatable bonds is 11. The Morgan fingerprint density at radius 1 is 0.758 bits per heavy atom. The van der Waals surface area contributed by atoms with Crippen LogP contribution in [-0.2, 0) is 41.4 Å². The molecule has 3 aliphatic rings. The molecule has 0 spiro atoms. The van der Waals surface area contributed by atoms with Crippen molar-refractivity contribution in [3.8, 4) is 0 Å². The minimum Gasteiger partial charge on any atom is -0.394 e. The fourth-order valence-corrected chi connectivity index (χ4v) is 5.60. The summed E-state index contributed by atoms with van der Waals surface area (Å²) in [6, 6.07) is 0. The number of hydrogen-bond acceptors (Lipinski definition) is 14. The van der Waals surface area contributed by atoms with Gasteiger partial charge in [-0.05, 0) is 0 Å². The van der Waals surface area contributed by atoms with Gasteiger partial charge in [0.2, 0.25) is 0 Å². The molecule has 0 bridgehead atoms. The lowest BCUT2D eigenvalue weighted by atomic mass is 10.2. The molecule has 0 aromatic carbocycles. The number of phosphoric ester groups is 2. The van der Waals surface area contributed by atoms with Gasteiger partial charge in [-0.25, -0.2) is 9.13 Å².